The fourth-order valence-corrected chi connectivity index (χ4v) is 2.27. The molecule has 2 radical (unpaired) electrons. The first-order chi connectivity index (χ1) is 8.29. The van der Waals surface area contributed by atoms with Gasteiger partial charge in [-0.05, 0) is 52.2 Å². The fourth-order valence-electron chi connectivity index (χ4n) is 2.27. The van der Waals surface area contributed by atoms with Gasteiger partial charge in [0.1, 0.15) is 5.75 Å². The molecular formula is C15H11BO. The van der Waals surface area contributed by atoms with E-state index < -0.39 is 0 Å². The summed E-state index contributed by atoms with van der Waals surface area (Å²) in [5.74, 6) is 0.729. The SMILES string of the molecule is [B]Oc1ccc2cc3ccccc3cc2c1C. The van der Waals surface area contributed by atoms with Gasteiger partial charge in [-0.2, -0.15) is 0 Å². The summed E-state index contributed by atoms with van der Waals surface area (Å²) in [7, 11) is 5.25. The second-order valence-electron chi connectivity index (χ2n) is 4.23. The van der Waals surface area contributed by atoms with Crippen LogP contribution in [0.1, 0.15) is 5.56 Å². The minimum atomic E-state index is 0.729. The monoisotopic (exact) mass is 218 g/mol. The van der Waals surface area contributed by atoms with Crippen LogP contribution in [0.5, 0.6) is 5.75 Å². The van der Waals surface area contributed by atoms with Gasteiger partial charge in [0.05, 0.1) is 0 Å². The summed E-state index contributed by atoms with van der Waals surface area (Å²) < 4.78 is 4.87. The number of hydrogen-bond donors (Lipinski definition) is 0. The van der Waals surface area contributed by atoms with E-state index in [1.165, 1.54) is 21.5 Å². The Hall–Kier alpha value is -1.96. The Kier molecular flexibility index (Phi) is 2.29. The van der Waals surface area contributed by atoms with E-state index in [0.29, 0.717) is 0 Å². The van der Waals surface area contributed by atoms with Crippen molar-refractivity contribution < 1.29 is 4.65 Å². The predicted molar refractivity (Wildman–Crippen MR) is 72.6 cm³/mol. The third-order valence-corrected chi connectivity index (χ3v) is 3.23. The van der Waals surface area contributed by atoms with E-state index in [4.69, 9.17) is 12.7 Å². The maximum Gasteiger partial charge on any atom is 0.374 e. The van der Waals surface area contributed by atoms with Gasteiger partial charge in [0, 0.05) is 0 Å². The van der Waals surface area contributed by atoms with Gasteiger partial charge >= 0.3 is 8.05 Å². The third kappa shape index (κ3) is 1.57. The molecule has 0 heterocycles. The lowest BCUT2D eigenvalue weighted by Gasteiger charge is -2.10. The molecule has 0 aliphatic heterocycles. The maximum atomic E-state index is 5.25. The molecule has 0 unspecified atom stereocenters. The van der Waals surface area contributed by atoms with Crippen molar-refractivity contribution in [2.75, 3.05) is 0 Å². The summed E-state index contributed by atoms with van der Waals surface area (Å²) >= 11 is 0. The highest BCUT2D eigenvalue weighted by molar-refractivity contribution is 6.03. The minimum absolute atomic E-state index is 0.729. The molecule has 0 N–H and O–H groups in total. The summed E-state index contributed by atoms with van der Waals surface area (Å²) in [5.41, 5.74) is 1.08. The molecule has 3 aromatic rings. The van der Waals surface area contributed by atoms with Gasteiger partial charge in [0.2, 0.25) is 0 Å². The number of aryl methyl sites for hydroxylation is 1. The molecule has 0 atom stereocenters. The van der Waals surface area contributed by atoms with Crippen molar-refractivity contribution in [2.45, 2.75) is 6.92 Å². The zero-order valence-corrected chi connectivity index (χ0v) is 9.60. The molecule has 3 aromatic carbocycles. The van der Waals surface area contributed by atoms with Gasteiger partial charge in [0.15, 0.2) is 0 Å². The second kappa shape index (κ2) is 3.81. The van der Waals surface area contributed by atoms with Gasteiger partial charge < -0.3 is 4.65 Å². The van der Waals surface area contributed by atoms with E-state index in [-0.39, 0.29) is 0 Å². The van der Waals surface area contributed by atoms with E-state index in [9.17, 15) is 0 Å². The first-order valence-electron chi connectivity index (χ1n) is 5.58. The average molecular weight is 218 g/mol. The van der Waals surface area contributed by atoms with Crippen molar-refractivity contribution in [3.05, 3.63) is 54.1 Å². The molecule has 17 heavy (non-hydrogen) atoms. The largest absolute Gasteiger partial charge is 0.568 e. The summed E-state index contributed by atoms with van der Waals surface area (Å²) in [6.45, 7) is 2.03. The van der Waals surface area contributed by atoms with Crippen molar-refractivity contribution in [1.82, 2.24) is 0 Å². The van der Waals surface area contributed by atoms with Gasteiger partial charge in [-0.3, -0.25) is 0 Å². The molecule has 0 spiro atoms. The molecule has 0 aromatic heterocycles. The van der Waals surface area contributed by atoms with E-state index >= 15 is 0 Å². The van der Waals surface area contributed by atoms with Gasteiger partial charge in [-0.25, -0.2) is 0 Å². The van der Waals surface area contributed by atoms with Crippen molar-refractivity contribution in [3.63, 3.8) is 0 Å². The highest BCUT2D eigenvalue weighted by Crippen LogP contribution is 2.30. The van der Waals surface area contributed by atoms with E-state index in [1.54, 1.807) is 0 Å². The van der Waals surface area contributed by atoms with Crippen molar-refractivity contribution in [1.29, 1.82) is 0 Å². The van der Waals surface area contributed by atoms with Crippen LogP contribution in [0.4, 0.5) is 0 Å². The topological polar surface area (TPSA) is 9.23 Å². The number of fused-ring (bicyclic) bond motifs is 2. The highest BCUT2D eigenvalue weighted by atomic mass is 16.4. The first kappa shape index (κ1) is 10.2. The minimum Gasteiger partial charge on any atom is -0.568 e. The third-order valence-electron chi connectivity index (χ3n) is 3.23. The zero-order chi connectivity index (χ0) is 11.8. The molecule has 0 bridgehead atoms. The quantitative estimate of drug-likeness (QED) is 0.446. The fraction of sp³-hybridized carbons (Fsp3) is 0.0667. The number of hydrogen-bond acceptors (Lipinski definition) is 1. The number of rotatable bonds is 1. The van der Waals surface area contributed by atoms with Crippen LogP contribution in [-0.2, 0) is 0 Å². The zero-order valence-electron chi connectivity index (χ0n) is 9.60. The molecule has 0 fully saturated rings. The molecule has 0 saturated heterocycles. The Morgan fingerprint density at radius 1 is 0.882 bits per heavy atom. The van der Waals surface area contributed by atoms with Crippen LogP contribution in [0, 0.1) is 6.92 Å². The van der Waals surface area contributed by atoms with Gasteiger partial charge in [-0.1, -0.05) is 30.3 Å². The van der Waals surface area contributed by atoms with Crippen LogP contribution in [0.2, 0.25) is 0 Å². The van der Waals surface area contributed by atoms with E-state index in [0.717, 1.165) is 11.3 Å². The lowest BCUT2D eigenvalue weighted by atomic mass is 10.00. The standard InChI is InChI=1S/C15H11BO/c1-10-14-9-12-5-3-2-4-11(12)8-13(14)6-7-15(10)17-16/h2-9H,1H3. The Morgan fingerprint density at radius 2 is 1.59 bits per heavy atom. The van der Waals surface area contributed by atoms with Crippen LogP contribution in [0.15, 0.2) is 48.5 Å². The van der Waals surface area contributed by atoms with Crippen LogP contribution >= 0.6 is 0 Å². The maximum absolute atomic E-state index is 5.25. The number of benzene rings is 3. The average Bonchev–Trinajstić information content (AvgIpc) is 2.37. The molecule has 0 aliphatic carbocycles. The molecule has 2 heteroatoms. The Labute approximate surface area is 101 Å². The predicted octanol–water partition coefficient (Wildman–Crippen LogP) is 3.76. The summed E-state index contributed by atoms with van der Waals surface area (Å²) in [6, 6.07) is 16.7. The Morgan fingerprint density at radius 3 is 2.29 bits per heavy atom. The lowest BCUT2D eigenvalue weighted by Crippen LogP contribution is -1.90. The summed E-state index contributed by atoms with van der Waals surface area (Å²) in [4.78, 5) is 0. The van der Waals surface area contributed by atoms with Crippen LogP contribution in [0.3, 0.4) is 0 Å². The Balaban J connectivity index is 2.44. The first-order valence-corrected chi connectivity index (χ1v) is 5.58. The molecule has 1 nitrogen and oxygen atoms in total. The normalized spacial score (nSPS) is 10.9. The van der Waals surface area contributed by atoms with E-state index in [2.05, 4.69) is 30.3 Å². The molecule has 3 rings (SSSR count). The highest BCUT2D eigenvalue weighted by Gasteiger charge is 2.04. The molecule has 0 amide bonds. The van der Waals surface area contributed by atoms with Crippen LogP contribution in [0.25, 0.3) is 21.5 Å². The van der Waals surface area contributed by atoms with Crippen molar-refractivity contribution in [3.8, 4) is 5.75 Å². The Bertz CT molecular complexity index is 704. The van der Waals surface area contributed by atoms with Gasteiger partial charge in [0.25, 0.3) is 0 Å². The molecule has 0 saturated carbocycles. The molecule has 80 valence electrons. The van der Waals surface area contributed by atoms with Crippen LogP contribution in [-0.4, -0.2) is 8.05 Å². The van der Waals surface area contributed by atoms with E-state index in [1.807, 2.05) is 25.1 Å². The molecule has 0 aliphatic rings. The summed E-state index contributed by atoms with van der Waals surface area (Å²) in [5, 5.41) is 4.88. The second-order valence-corrected chi connectivity index (χ2v) is 4.23. The molecular weight excluding hydrogens is 207 g/mol. The van der Waals surface area contributed by atoms with Gasteiger partial charge in [-0.15, -0.1) is 0 Å². The smallest absolute Gasteiger partial charge is 0.374 e. The van der Waals surface area contributed by atoms with Crippen molar-refractivity contribution >= 4 is 29.6 Å². The van der Waals surface area contributed by atoms with Crippen LogP contribution < -0.4 is 4.65 Å². The lowest BCUT2D eigenvalue weighted by molar-refractivity contribution is 0.612. The van der Waals surface area contributed by atoms with Crippen molar-refractivity contribution in [2.24, 2.45) is 0 Å². The summed E-state index contributed by atoms with van der Waals surface area (Å²) in [6.07, 6.45) is 0.